The number of benzene rings is 1. The van der Waals surface area contributed by atoms with Gasteiger partial charge in [0.2, 0.25) is 0 Å². The molecule has 0 saturated carbocycles. The molecule has 0 radical (unpaired) electrons. The fourth-order valence-corrected chi connectivity index (χ4v) is 1.95. The molecule has 21 heavy (non-hydrogen) atoms. The van der Waals surface area contributed by atoms with E-state index in [-0.39, 0.29) is 18.0 Å². The van der Waals surface area contributed by atoms with Crippen molar-refractivity contribution in [3.8, 4) is 5.75 Å². The molecule has 0 unspecified atom stereocenters. The Hall–Kier alpha value is -2.41. The topological polar surface area (TPSA) is 82.2 Å². The Kier molecular flexibility index (Phi) is 4.89. The molecule has 0 aliphatic carbocycles. The van der Waals surface area contributed by atoms with Gasteiger partial charge in [-0.25, -0.2) is 0 Å². The molecule has 2 aromatic rings. The van der Waals surface area contributed by atoms with Gasteiger partial charge in [0.25, 0.3) is 0 Å². The Morgan fingerprint density at radius 2 is 2.24 bits per heavy atom. The highest BCUT2D eigenvalue weighted by Crippen LogP contribution is 2.28. The van der Waals surface area contributed by atoms with Gasteiger partial charge in [-0.15, -0.1) is 0 Å². The molecule has 1 heterocycles. The van der Waals surface area contributed by atoms with Crippen molar-refractivity contribution in [3.05, 3.63) is 51.8 Å². The lowest BCUT2D eigenvalue weighted by Crippen LogP contribution is -2.06. The molecule has 0 spiro atoms. The van der Waals surface area contributed by atoms with Crippen molar-refractivity contribution >= 4 is 5.69 Å². The van der Waals surface area contributed by atoms with Crippen molar-refractivity contribution in [2.45, 2.75) is 26.6 Å². The largest absolute Gasteiger partial charge is 0.482 e. The zero-order valence-corrected chi connectivity index (χ0v) is 12.1. The number of nitro benzene ring substituents is 1. The fraction of sp³-hybridized carbons (Fsp3) is 0.357. The second-order valence-electron chi connectivity index (χ2n) is 4.58. The number of hydrogen-bond acceptors (Lipinski definition) is 5. The lowest BCUT2D eigenvalue weighted by molar-refractivity contribution is -0.386. The van der Waals surface area contributed by atoms with Gasteiger partial charge in [0, 0.05) is 30.9 Å². The number of rotatable bonds is 7. The number of aromatic nitrogens is 2. The number of hydrogen-bond donors (Lipinski definition) is 1. The van der Waals surface area contributed by atoms with E-state index in [1.807, 2.05) is 20.2 Å². The highest BCUT2D eigenvalue weighted by atomic mass is 16.6. The monoisotopic (exact) mass is 290 g/mol. The van der Waals surface area contributed by atoms with Crippen molar-refractivity contribution in [2.75, 3.05) is 7.05 Å². The lowest BCUT2D eigenvalue weighted by Gasteiger charge is -2.08. The van der Waals surface area contributed by atoms with Gasteiger partial charge in [-0.2, -0.15) is 5.10 Å². The summed E-state index contributed by atoms with van der Waals surface area (Å²) in [7, 11) is 1.82. The molecular weight excluding hydrogens is 272 g/mol. The highest BCUT2D eigenvalue weighted by molar-refractivity contribution is 5.48. The molecule has 0 amide bonds. The first-order valence-corrected chi connectivity index (χ1v) is 6.70. The summed E-state index contributed by atoms with van der Waals surface area (Å²) in [5.41, 5.74) is 1.78. The van der Waals surface area contributed by atoms with Gasteiger partial charge in [-0.05, 0) is 25.6 Å². The fourth-order valence-electron chi connectivity index (χ4n) is 1.95. The Morgan fingerprint density at radius 3 is 2.86 bits per heavy atom. The summed E-state index contributed by atoms with van der Waals surface area (Å²) in [6.07, 6.45) is 3.57. The maximum Gasteiger partial charge on any atom is 0.310 e. The minimum Gasteiger partial charge on any atom is -0.482 e. The van der Waals surface area contributed by atoms with E-state index in [1.165, 1.54) is 6.07 Å². The van der Waals surface area contributed by atoms with E-state index >= 15 is 0 Å². The van der Waals surface area contributed by atoms with Crippen LogP contribution < -0.4 is 10.1 Å². The van der Waals surface area contributed by atoms with Crippen LogP contribution >= 0.6 is 0 Å². The third-order valence-electron chi connectivity index (χ3n) is 3.01. The Balaban J connectivity index is 2.16. The number of aryl methyl sites for hydroxylation is 1. The molecule has 7 heteroatoms. The van der Waals surface area contributed by atoms with Crippen molar-refractivity contribution in [3.63, 3.8) is 0 Å². The molecule has 1 N–H and O–H groups in total. The molecule has 112 valence electrons. The van der Waals surface area contributed by atoms with E-state index in [0.717, 1.165) is 17.7 Å². The minimum absolute atomic E-state index is 0.0299. The zero-order valence-electron chi connectivity index (χ0n) is 12.1. The van der Waals surface area contributed by atoms with Crippen molar-refractivity contribution in [2.24, 2.45) is 0 Å². The van der Waals surface area contributed by atoms with Crippen molar-refractivity contribution in [1.29, 1.82) is 0 Å². The average Bonchev–Trinajstić information content (AvgIpc) is 2.93. The van der Waals surface area contributed by atoms with E-state index in [4.69, 9.17) is 4.74 Å². The molecule has 0 atom stereocenters. The summed E-state index contributed by atoms with van der Waals surface area (Å²) in [6, 6.07) is 4.88. The number of nitrogens with one attached hydrogen (secondary N) is 1. The molecule has 2 rings (SSSR count). The van der Waals surface area contributed by atoms with Crippen LogP contribution in [-0.2, 0) is 19.7 Å². The summed E-state index contributed by atoms with van der Waals surface area (Å²) in [5.74, 6) is 0.275. The van der Waals surface area contributed by atoms with E-state index in [2.05, 4.69) is 10.4 Å². The molecule has 0 aliphatic heterocycles. The van der Waals surface area contributed by atoms with Gasteiger partial charge >= 0.3 is 5.69 Å². The van der Waals surface area contributed by atoms with Crippen LogP contribution in [0.25, 0.3) is 0 Å². The van der Waals surface area contributed by atoms with Crippen LogP contribution in [0, 0.1) is 10.1 Å². The SMILES string of the molecule is CCn1cc(COc2cc(CNC)ccc2[N+](=O)[O-])cn1. The van der Waals surface area contributed by atoms with E-state index in [0.29, 0.717) is 6.54 Å². The van der Waals surface area contributed by atoms with E-state index in [9.17, 15) is 10.1 Å². The quantitative estimate of drug-likeness (QED) is 0.624. The van der Waals surface area contributed by atoms with Crippen LogP contribution in [0.5, 0.6) is 5.75 Å². The summed E-state index contributed by atoms with van der Waals surface area (Å²) < 4.78 is 7.39. The number of nitro groups is 1. The molecule has 7 nitrogen and oxygen atoms in total. The zero-order chi connectivity index (χ0) is 15.2. The summed E-state index contributed by atoms with van der Waals surface area (Å²) in [6.45, 7) is 3.65. The predicted molar refractivity (Wildman–Crippen MR) is 78.1 cm³/mol. The Morgan fingerprint density at radius 1 is 1.43 bits per heavy atom. The van der Waals surface area contributed by atoms with Crippen LogP contribution in [0.3, 0.4) is 0 Å². The highest BCUT2D eigenvalue weighted by Gasteiger charge is 2.16. The maximum atomic E-state index is 11.0. The van der Waals surface area contributed by atoms with Gasteiger partial charge in [0.15, 0.2) is 5.75 Å². The summed E-state index contributed by atoms with van der Waals surface area (Å²) in [4.78, 5) is 10.6. The minimum atomic E-state index is -0.437. The van der Waals surface area contributed by atoms with Gasteiger partial charge in [0.05, 0.1) is 11.1 Å². The molecule has 0 saturated heterocycles. The van der Waals surface area contributed by atoms with Crippen LogP contribution in [0.1, 0.15) is 18.1 Å². The van der Waals surface area contributed by atoms with Crippen LogP contribution in [-0.4, -0.2) is 21.8 Å². The first-order valence-electron chi connectivity index (χ1n) is 6.70. The first-order chi connectivity index (χ1) is 10.1. The number of ether oxygens (including phenoxy) is 1. The molecule has 1 aromatic heterocycles. The van der Waals surface area contributed by atoms with Gasteiger partial charge in [-0.3, -0.25) is 14.8 Å². The Labute approximate surface area is 122 Å². The lowest BCUT2D eigenvalue weighted by atomic mass is 10.2. The maximum absolute atomic E-state index is 11.0. The van der Waals surface area contributed by atoms with E-state index in [1.54, 1.807) is 23.0 Å². The summed E-state index contributed by atoms with van der Waals surface area (Å²) in [5, 5.41) is 18.2. The third kappa shape index (κ3) is 3.79. The van der Waals surface area contributed by atoms with Crippen LogP contribution in [0.4, 0.5) is 5.69 Å². The predicted octanol–water partition coefficient (Wildman–Crippen LogP) is 2.11. The first kappa shape index (κ1) is 15.0. The second kappa shape index (κ2) is 6.85. The van der Waals surface area contributed by atoms with Crippen molar-refractivity contribution in [1.82, 2.24) is 15.1 Å². The van der Waals surface area contributed by atoms with Gasteiger partial charge in [-0.1, -0.05) is 6.07 Å². The van der Waals surface area contributed by atoms with Crippen molar-refractivity contribution < 1.29 is 9.66 Å². The molecule has 0 fully saturated rings. The molecule has 0 bridgehead atoms. The molecule has 0 aliphatic rings. The van der Waals surface area contributed by atoms with Gasteiger partial charge < -0.3 is 10.1 Å². The third-order valence-corrected chi connectivity index (χ3v) is 3.01. The summed E-state index contributed by atoms with van der Waals surface area (Å²) >= 11 is 0. The van der Waals surface area contributed by atoms with Crippen LogP contribution in [0.2, 0.25) is 0 Å². The van der Waals surface area contributed by atoms with E-state index < -0.39 is 4.92 Å². The average molecular weight is 290 g/mol. The smallest absolute Gasteiger partial charge is 0.310 e. The van der Waals surface area contributed by atoms with Crippen LogP contribution in [0.15, 0.2) is 30.6 Å². The molecule has 1 aromatic carbocycles. The molecular formula is C14H18N4O3. The van der Waals surface area contributed by atoms with Gasteiger partial charge in [0.1, 0.15) is 6.61 Å². The second-order valence-corrected chi connectivity index (χ2v) is 4.58. The standard InChI is InChI=1S/C14H18N4O3/c1-3-17-9-12(8-16-17)10-21-14-6-11(7-15-2)4-5-13(14)18(19)20/h4-6,8-9,15H,3,7,10H2,1-2H3. The Bertz CT molecular complexity index is 624. The number of nitrogens with zero attached hydrogens (tertiary/aromatic N) is 3. The normalized spacial score (nSPS) is 10.6.